The van der Waals surface area contributed by atoms with Crippen LogP contribution in [0.3, 0.4) is 0 Å². The van der Waals surface area contributed by atoms with Gasteiger partial charge in [0, 0.05) is 25.2 Å². The minimum Gasteiger partial charge on any atom is -0.347 e. The number of carbonyl (C=O) groups is 2. The first kappa shape index (κ1) is 14.9. The maximum absolute atomic E-state index is 12.1. The standard InChI is InChI=1S/C13H14Cl3NO2/c1-17-7-9(11(18)5-8-3-2-4-8)6-10(17)12(19)13(14,15)16/h6-8H,2-5H2,1H3. The highest BCUT2D eigenvalue weighted by molar-refractivity contribution is 6.77. The predicted octanol–water partition coefficient (Wildman–Crippen LogP) is 3.95. The van der Waals surface area contributed by atoms with E-state index >= 15 is 0 Å². The summed E-state index contributed by atoms with van der Waals surface area (Å²) in [6.07, 6.45) is 5.57. The predicted molar refractivity (Wildman–Crippen MR) is 76.3 cm³/mol. The minimum absolute atomic E-state index is 0.0451. The number of ketones is 2. The fraction of sp³-hybridized carbons (Fsp3) is 0.538. The van der Waals surface area contributed by atoms with Crippen molar-refractivity contribution in [1.29, 1.82) is 0 Å². The van der Waals surface area contributed by atoms with Crippen LogP contribution in [0, 0.1) is 5.92 Å². The Labute approximate surface area is 126 Å². The summed E-state index contributed by atoms with van der Waals surface area (Å²) in [5, 5.41) is 0. The number of halogens is 3. The quantitative estimate of drug-likeness (QED) is 0.622. The number of Topliss-reactive ketones (excluding diaryl/α,β-unsaturated/α-hetero) is 2. The Morgan fingerprint density at radius 3 is 2.47 bits per heavy atom. The Hall–Kier alpha value is -0.510. The third-order valence-electron chi connectivity index (χ3n) is 3.52. The van der Waals surface area contributed by atoms with Crippen LogP contribution in [-0.4, -0.2) is 19.9 Å². The maximum Gasteiger partial charge on any atom is 0.255 e. The van der Waals surface area contributed by atoms with Crippen molar-refractivity contribution in [2.45, 2.75) is 29.5 Å². The average molecular weight is 323 g/mol. The van der Waals surface area contributed by atoms with Crippen molar-refractivity contribution in [3.8, 4) is 0 Å². The molecule has 1 aromatic rings. The van der Waals surface area contributed by atoms with Crippen LogP contribution in [0.1, 0.15) is 46.5 Å². The molecular formula is C13H14Cl3NO2. The van der Waals surface area contributed by atoms with Gasteiger partial charge < -0.3 is 4.57 Å². The van der Waals surface area contributed by atoms with E-state index in [1.54, 1.807) is 13.2 Å². The van der Waals surface area contributed by atoms with Gasteiger partial charge in [-0.2, -0.15) is 0 Å². The molecule has 0 bridgehead atoms. The molecule has 19 heavy (non-hydrogen) atoms. The van der Waals surface area contributed by atoms with Crippen molar-refractivity contribution in [2.75, 3.05) is 0 Å². The molecule has 0 amide bonds. The molecular weight excluding hydrogens is 309 g/mol. The van der Waals surface area contributed by atoms with Gasteiger partial charge in [0.2, 0.25) is 5.78 Å². The zero-order valence-electron chi connectivity index (χ0n) is 10.5. The number of aryl methyl sites for hydroxylation is 1. The van der Waals surface area contributed by atoms with Gasteiger partial charge in [-0.25, -0.2) is 0 Å². The molecule has 0 radical (unpaired) electrons. The van der Waals surface area contributed by atoms with Crippen LogP contribution in [-0.2, 0) is 7.05 Å². The fourth-order valence-corrected chi connectivity index (χ4v) is 2.46. The van der Waals surface area contributed by atoms with E-state index in [9.17, 15) is 9.59 Å². The Balaban J connectivity index is 2.16. The number of hydrogen-bond donors (Lipinski definition) is 0. The Kier molecular flexibility index (Phi) is 4.29. The third-order valence-corrected chi connectivity index (χ3v) is 4.03. The summed E-state index contributed by atoms with van der Waals surface area (Å²) in [5.41, 5.74) is 0.740. The largest absolute Gasteiger partial charge is 0.347 e. The molecule has 0 atom stereocenters. The smallest absolute Gasteiger partial charge is 0.255 e. The first-order chi connectivity index (χ1) is 8.79. The lowest BCUT2D eigenvalue weighted by molar-refractivity contribution is 0.0936. The molecule has 1 heterocycles. The molecule has 1 aliphatic rings. The number of alkyl halides is 3. The molecule has 104 valence electrons. The van der Waals surface area contributed by atoms with Crippen LogP contribution in [0.4, 0.5) is 0 Å². The lowest BCUT2D eigenvalue weighted by Crippen LogP contribution is -2.21. The second-order valence-corrected chi connectivity index (χ2v) is 7.26. The SMILES string of the molecule is Cn1cc(C(=O)CC2CCC2)cc1C(=O)C(Cl)(Cl)Cl. The van der Waals surface area contributed by atoms with Crippen LogP contribution in [0.25, 0.3) is 0 Å². The molecule has 0 unspecified atom stereocenters. The zero-order chi connectivity index (χ0) is 14.2. The van der Waals surface area contributed by atoms with Gasteiger partial charge in [-0.1, -0.05) is 54.1 Å². The average Bonchev–Trinajstić information content (AvgIpc) is 2.63. The molecule has 1 saturated carbocycles. The maximum atomic E-state index is 12.1. The highest BCUT2D eigenvalue weighted by Crippen LogP contribution is 2.32. The second kappa shape index (κ2) is 5.47. The number of aromatic nitrogens is 1. The van der Waals surface area contributed by atoms with Gasteiger partial charge in [-0.15, -0.1) is 0 Å². The van der Waals surface area contributed by atoms with Crippen molar-refractivity contribution in [3.63, 3.8) is 0 Å². The summed E-state index contributed by atoms with van der Waals surface area (Å²) in [7, 11) is 1.66. The van der Waals surface area contributed by atoms with Crippen LogP contribution in [0.5, 0.6) is 0 Å². The lowest BCUT2D eigenvalue weighted by Gasteiger charge is -2.24. The monoisotopic (exact) mass is 321 g/mol. The summed E-state index contributed by atoms with van der Waals surface area (Å²) in [6, 6.07) is 1.51. The van der Waals surface area contributed by atoms with Gasteiger partial charge in [-0.05, 0) is 12.0 Å². The molecule has 6 heteroatoms. The number of rotatable bonds is 4. The van der Waals surface area contributed by atoms with Gasteiger partial charge in [0.1, 0.15) is 0 Å². The van der Waals surface area contributed by atoms with Gasteiger partial charge >= 0.3 is 0 Å². The van der Waals surface area contributed by atoms with E-state index in [1.165, 1.54) is 17.1 Å². The van der Waals surface area contributed by atoms with Gasteiger partial charge in [0.25, 0.3) is 3.79 Å². The van der Waals surface area contributed by atoms with Crippen molar-refractivity contribution in [1.82, 2.24) is 4.57 Å². The summed E-state index contributed by atoms with van der Waals surface area (Å²) in [4.78, 5) is 23.9. The van der Waals surface area contributed by atoms with Crippen LogP contribution >= 0.6 is 34.8 Å². The minimum atomic E-state index is -2.00. The highest BCUT2D eigenvalue weighted by atomic mass is 35.6. The van der Waals surface area contributed by atoms with Gasteiger partial charge in [0.05, 0.1) is 5.69 Å². The molecule has 2 rings (SSSR count). The van der Waals surface area contributed by atoms with Crippen molar-refractivity contribution < 1.29 is 9.59 Å². The number of carbonyl (C=O) groups excluding carboxylic acids is 2. The molecule has 0 saturated heterocycles. The van der Waals surface area contributed by atoms with E-state index in [1.807, 2.05) is 0 Å². The van der Waals surface area contributed by atoms with Crippen LogP contribution in [0.15, 0.2) is 12.3 Å². The van der Waals surface area contributed by atoms with E-state index in [4.69, 9.17) is 34.8 Å². The van der Waals surface area contributed by atoms with Crippen molar-refractivity contribution in [3.05, 3.63) is 23.5 Å². The first-order valence-electron chi connectivity index (χ1n) is 6.10. The zero-order valence-corrected chi connectivity index (χ0v) is 12.7. The topological polar surface area (TPSA) is 39.1 Å². The summed E-state index contributed by atoms with van der Waals surface area (Å²) in [5.74, 6) is -0.0913. The fourth-order valence-electron chi connectivity index (χ4n) is 2.16. The molecule has 0 spiro atoms. The van der Waals surface area contributed by atoms with Gasteiger partial charge in [0.15, 0.2) is 5.78 Å². The van der Waals surface area contributed by atoms with Crippen LogP contribution in [0.2, 0.25) is 0 Å². The lowest BCUT2D eigenvalue weighted by atomic mass is 9.81. The second-order valence-electron chi connectivity index (χ2n) is 4.98. The molecule has 3 nitrogen and oxygen atoms in total. The van der Waals surface area contributed by atoms with E-state index < -0.39 is 9.58 Å². The Morgan fingerprint density at radius 2 is 2.00 bits per heavy atom. The molecule has 1 aliphatic carbocycles. The van der Waals surface area contributed by atoms with Crippen LogP contribution < -0.4 is 0 Å². The van der Waals surface area contributed by atoms with Gasteiger partial charge in [-0.3, -0.25) is 9.59 Å². The number of nitrogens with zero attached hydrogens (tertiary/aromatic N) is 1. The number of hydrogen-bond acceptors (Lipinski definition) is 2. The first-order valence-corrected chi connectivity index (χ1v) is 7.23. The summed E-state index contributed by atoms with van der Waals surface area (Å²) in [6.45, 7) is 0. The normalized spacial score (nSPS) is 16.2. The van der Waals surface area contributed by atoms with E-state index in [0.29, 0.717) is 17.9 Å². The summed E-state index contributed by atoms with van der Waals surface area (Å²) < 4.78 is -0.474. The Morgan fingerprint density at radius 1 is 1.37 bits per heavy atom. The van der Waals surface area contributed by atoms with E-state index in [-0.39, 0.29) is 11.5 Å². The van der Waals surface area contributed by atoms with Crippen molar-refractivity contribution >= 4 is 46.4 Å². The molecule has 0 N–H and O–H groups in total. The van der Waals surface area contributed by atoms with Crippen molar-refractivity contribution in [2.24, 2.45) is 13.0 Å². The molecule has 1 fully saturated rings. The summed E-state index contributed by atoms with van der Waals surface area (Å²) >= 11 is 16.7. The van der Waals surface area contributed by atoms with E-state index in [2.05, 4.69) is 0 Å². The Bertz CT molecular complexity index is 512. The third kappa shape index (κ3) is 3.33. The molecule has 1 aromatic heterocycles. The van der Waals surface area contributed by atoms with E-state index in [0.717, 1.165) is 12.8 Å². The molecule has 0 aromatic carbocycles. The molecule has 0 aliphatic heterocycles. The highest BCUT2D eigenvalue weighted by Gasteiger charge is 2.34.